The third-order valence-corrected chi connectivity index (χ3v) is 4.59. The molecule has 1 N–H and O–H groups in total. The molecule has 1 aromatic rings. The van der Waals surface area contributed by atoms with E-state index in [4.69, 9.17) is 4.98 Å². The Morgan fingerprint density at radius 1 is 1.50 bits per heavy atom. The highest BCUT2D eigenvalue weighted by atomic mass is 32.1. The standard InChI is InChI=1S/C12H21N3S/c1-8(2)15(4)12-14-11-9(13-3)6-5-7-10(11)16-12/h8-9,13H,5-7H2,1-4H3. The molecule has 1 aliphatic rings. The Labute approximate surface area is 102 Å². The van der Waals surface area contributed by atoms with E-state index >= 15 is 0 Å². The second-order valence-corrected chi connectivity index (χ2v) is 5.81. The number of nitrogens with zero attached hydrogens (tertiary/aromatic N) is 2. The van der Waals surface area contributed by atoms with E-state index in [-0.39, 0.29) is 0 Å². The predicted molar refractivity (Wildman–Crippen MR) is 70.4 cm³/mol. The summed E-state index contributed by atoms with van der Waals surface area (Å²) in [6.07, 6.45) is 3.71. The van der Waals surface area contributed by atoms with Crippen LogP contribution in [0.4, 0.5) is 5.13 Å². The quantitative estimate of drug-likeness (QED) is 0.879. The number of hydrogen-bond donors (Lipinski definition) is 1. The maximum absolute atomic E-state index is 4.81. The van der Waals surface area contributed by atoms with Crippen molar-refractivity contribution in [3.63, 3.8) is 0 Å². The van der Waals surface area contributed by atoms with Gasteiger partial charge in [-0.1, -0.05) is 0 Å². The van der Waals surface area contributed by atoms with E-state index in [1.807, 2.05) is 18.4 Å². The van der Waals surface area contributed by atoms with Gasteiger partial charge in [0.05, 0.1) is 11.7 Å². The lowest BCUT2D eigenvalue weighted by atomic mass is 9.98. The molecule has 0 amide bonds. The van der Waals surface area contributed by atoms with Crippen molar-refractivity contribution in [2.75, 3.05) is 19.0 Å². The number of aryl methyl sites for hydroxylation is 1. The first-order valence-electron chi connectivity index (χ1n) is 6.03. The summed E-state index contributed by atoms with van der Waals surface area (Å²) in [5.41, 5.74) is 1.29. The van der Waals surface area contributed by atoms with Gasteiger partial charge in [-0.15, -0.1) is 11.3 Å². The molecule has 90 valence electrons. The van der Waals surface area contributed by atoms with Crippen LogP contribution < -0.4 is 10.2 Å². The Kier molecular flexibility index (Phi) is 3.50. The summed E-state index contributed by atoms with van der Waals surface area (Å²) >= 11 is 1.87. The van der Waals surface area contributed by atoms with Crippen LogP contribution in [0.3, 0.4) is 0 Å². The molecule has 0 saturated carbocycles. The van der Waals surface area contributed by atoms with Crippen molar-refractivity contribution in [2.45, 2.75) is 45.2 Å². The minimum absolute atomic E-state index is 0.467. The zero-order chi connectivity index (χ0) is 11.7. The molecule has 0 spiro atoms. The van der Waals surface area contributed by atoms with Crippen LogP contribution in [-0.4, -0.2) is 25.1 Å². The number of hydrogen-bond acceptors (Lipinski definition) is 4. The summed E-state index contributed by atoms with van der Waals surface area (Å²) in [6.45, 7) is 4.41. The molecule has 0 aromatic carbocycles. The van der Waals surface area contributed by atoms with Gasteiger partial charge in [-0.3, -0.25) is 0 Å². The molecule has 0 radical (unpaired) electrons. The van der Waals surface area contributed by atoms with Crippen LogP contribution >= 0.6 is 11.3 Å². The summed E-state index contributed by atoms with van der Waals surface area (Å²) in [7, 11) is 4.16. The molecule has 1 heterocycles. The second kappa shape index (κ2) is 4.72. The summed E-state index contributed by atoms with van der Waals surface area (Å²) in [5.74, 6) is 0. The van der Waals surface area contributed by atoms with Crippen LogP contribution in [-0.2, 0) is 6.42 Å². The fourth-order valence-corrected chi connectivity index (χ4v) is 3.32. The molecule has 2 rings (SSSR count). The van der Waals surface area contributed by atoms with Crippen molar-refractivity contribution in [2.24, 2.45) is 0 Å². The summed E-state index contributed by atoms with van der Waals surface area (Å²) < 4.78 is 0. The fourth-order valence-electron chi connectivity index (χ4n) is 2.06. The molecule has 4 heteroatoms. The van der Waals surface area contributed by atoms with E-state index in [1.54, 1.807) is 0 Å². The number of nitrogens with one attached hydrogen (secondary N) is 1. The molecule has 1 unspecified atom stereocenters. The third kappa shape index (κ3) is 2.09. The minimum atomic E-state index is 0.467. The molecule has 0 aliphatic heterocycles. The van der Waals surface area contributed by atoms with Gasteiger partial charge < -0.3 is 10.2 Å². The summed E-state index contributed by atoms with van der Waals surface area (Å²) in [6, 6.07) is 0.981. The number of rotatable bonds is 3. The average Bonchev–Trinajstić information content (AvgIpc) is 2.70. The summed E-state index contributed by atoms with van der Waals surface area (Å²) in [5, 5.41) is 4.54. The van der Waals surface area contributed by atoms with E-state index in [0.717, 1.165) is 0 Å². The highest BCUT2D eigenvalue weighted by Crippen LogP contribution is 2.36. The van der Waals surface area contributed by atoms with Crippen molar-refractivity contribution >= 4 is 16.5 Å². The maximum atomic E-state index is 4.81. The molecule has 3 nitrogen and oxygen atoms in total. The summed E-state index contributed by atoms with van der Waals surface area (Å²) in [4.78, 5) is 8.55. The first kappa shape index (κ1) is 11.9. The van der Waals surface area contributed by atoms with E-state index in [9.17, 15) is 0 Å². The lowest BCUT2D eigenvalue weighted by Crippen LogP contribution is -2.26. The first-order chi connectivity index (χ1) is 7.63. The molecule has 1 aliphatic carbocycles. The highest BCUT2D eigenvalue weighted by Gasteiger charge is 2.24. The lowest BCUT2D eigenvalue weighted by Gasteiger charge is -2.20. The van der Waals surface area contributed by atoms with Crippen molar-refractivity contribution < 1.29 is 0 Å². The van der Waals surface area contributed by atoms with Crippen molar-refractivity contribution in [3.8, 4) is 0 Å². The van der Waals surface area contributed by atoms with Crippen LogP contribution in [0.5, 0.6) is 0 Å². The predicted octanol–water partition coefficient (Wildman–Crippen LogP) is 2.58. The number of thiazole rings is 1. The van der Waals surface area contributed by atoms with Gasteiger partial charge in [0.25, 0.3) is 0 Å². The van der Waals surface area contributed by atoms with Gasteiger partial charge in [0.2, 0.25) is 0 Å². The smallest absolute Gasteiger partial charge is 0.185 e. The van der Waals surface area contributed by atoms with Gasteiger partial charge in [-0.05, 0) is 40.2 Å². The third-order valence-electron chi connectivity index (χ3n) is 3.37. The molecule has 0 saturated heterocycles. The lowest BCUT2D eigenvalue weighted by molar-refractivity contribution is 0.489. The molecule has 16 heavy (non-hydrogen) atoms. The number of aromatic nitrogens is 1. The molecular formula is C12H21N3S. The van der Waals surface area contributed by atoms with Crippen LogP contribution in [0.2, 0.25) is 0 Å². The molecule has 1 atom stereocenters. The monoisotopic (exact) mass is 239 g/mol. The maximum Gasteiger partial charge on any atom is 0.185 e. The van der Waals surface area contributed by atoms with Gasteiger partial charge in [-0.25, -0.2) is 4.98 Å². The highest BCUT2D eigenvalue weighted by molar-refractivity contribution is 7.15. The largest absolute Gasteiger partial charge is 0.349 e. The van der Waals surface area contributed by atoms with Gasteiger partial charge in [0.15, 0.2) is 5.13 Å². The Morgan fingerprint density at radius 3 is 2.88 bits per heavy atom. The van der Waals surface area contributed by atoms with E-state index < -0.39 is 0 Å². The molecule has 1 aromatic heterocycles. The fraction of sp³-hybridized carbons (Fsp3) is 0.750. The molecule has 0 fully saturated rings. The Hall–Kier alpha value is -0.610. The number of anilines is 1. The topological polar surface area (TPSA) is 28.2 Å². The Morgan fingerprint density at radius 2 is 2.25 bits per heavy atom. The zero-order valence-corrected chi connectivity index (χ0v) is 11.4. The van der Waals surface area contributed by atoms with E-state index in [2.05, 4.69) is 31.1 Å². The molecular weight excluding hydrogens is 218 g/mol. The van der Waals surface area contributed by atoms with Crippen molar-refractivity contribution in [1.82, 2.24) is 10.3 Å². The van der Waals surface area contributed by atoms with Crippen LogP contribution in [0.25, 0.3) is 0 Å². The Bertz CT molecular complexity index is 359. The molecule has 0 bridgehead atoms. The number of fused-ring (bicyclic) bond motifs is 1. The average molecular weight is 239 g/mol. The van der Waals surface area contributed by atoms with Gasteiger partial charge in [0, 0.05) is 18.0 Å². The second-order valence-electron chi connectivity index (χ2n) is 4.74. The Balaban J connectivity index is 2.28. The normalized spacial score (nSPS) is 19.9. The van der Waals surface area contributed by atoms with Crippen molar-refractivity contribution in [1.29, 1.82) is 0 Å². The minimum Gasteiger partial charge on any atom is -0.349 e. The van der Waals surface area contributed by atoms with Crippen LogP contribution in [0.1, 0.15) is 43.3 Å². The van der Waals surface area contributed by atoms with Crippen LogP contribution in [0, 0.1) is 0 Å². The van der Waals surface area contributed by atoms with Gasteiger partial charge in [0.1, 0.15) is 0 Å². The van der Waals surface area contributed by atoms with Crippen LogP contribution in [0.15, 0.2) is 0 Å². The van der Waals surface area contributed by atoms with Gasteiger partial charge in [-0.2, -0.15) is 0 Å². The van der Waals surface area contributed by atoms with Gasteiger partial charge >= 0.3 is 0 Å². The SMILES string of the molecule is CNC1CCCc2sc(N(C)C(C)C)nc21. The first-order valence-corrected chi connectivity index (χ1v) is 6.84. The zero-order valence-electron chi connectivity index (χ0n) is 10.6. The van der Waals surface area contributed by atoms with E-state index in [0.29, 0.717) is 12.1 Å². The van der Waals surface area contributed by atoms with E-state index in [1.165, 1.54) is 35.0 Å². The van der Waals surface area contributed by atoms with Crippen molar-refractivity contribution in [3.05, 3.63) is 10.6 Å².